The predicted molar refractivity (Wildman–Crippen MR) is 135 cm³/mol. The fourth-order valence-electron chi connectivity index (χ4n) is 5.55. The molecule has 0 radical (unpaired) electrons. The third-order valence-corrected chi connectivity index (χ3v) is 9.66. The van der Waals surface area contributed by atoms with Gasteiger partial charge in [0.2, 0.25) is 0 Å². The van der Waals surface area contributed by atoms with E-state index in [1.54, 1.807) is 6.20 Å². The molecule has 1 aliphatic carbocycles. The van der Waals surface area contributed by atoms with Crippen LogP contribution < -0.4 is 0 Å². The van der Waals surface area contributed by atoms with E-state index in [0.29, 0.717) is 29.7 Å². The van der Waals surface area contributed by atoms with Gasteiger partial charge in [0.25, 0.3) is 5.92 Å². The summed E-state index contributed by atoms with van der Waals surface area (Å²) in [6, 6.07) is 3.97. The lowest BCUT2D eigenvalue weighted by Crippen LogP contribution is -2.61. The van der Waals surface area contributed by atoms with Crippen molar-refractivity contribution in [2.75, 3.05) is 26.3 Å². The highest BCUT2D eigenvalue weighted by Gasteiger charge is 2.60. The molecule has 6 nitrogen and oxygen atoms in total. The number of thioether (sulfide) groups is 1. The molecule has 3 aliphatic heterocycles. The molecule has 3 fully saturated rings. The number of ether oxygens (including phenoxy) is 2. The fraction of sp³-hybridized carbons (Fsp3) is 0.615. The van der Waals surface area contributed by atoms with E-state index in [4.69, 9.17) is 26.2 Å². The molecule has 2 saturated heterocycles. The Morgan fingerprint density at radius 2 is 2.06 bits per heavy atom. The zero-order valence-electron chi connectivity index (χ0n) is 20.3. The third kappa shape index (κ3) is 4.85. The molecule has 2 unspecified atom stereocenters. The molecule has 36 heavy (non-hydrogen) atoms. The lowest BCUT2D eigenvalue weighted by atomic mass is 9.77. The molecular weight excluding hydrogens is 506 g/mol. The van der Waals surface area contributed by atoms with E-state index in [0.717, 1.165) is 48.9 Å². The summed E-state index contributed by atoms with van der Waals surface area (Å²) in [5.74, 6) is -2.20. The Hall–Kier alpha value is -1.52. The van der Waals surface area contributed by atoms with E-state index in [-0.39, 0.29) is 5.25 Å². The van der Waals surface area contributed by atoms with Crippen molar-refractivity contribution >= 4 is 23.4 Å². The smallest absolute Gasteiger partial charge is 0.278 e. The first-order chi connectivity index (χ1) is 17.3. The second-order valence-corrected chi connectivity index (χ2v) is 12.4. The van der Waals surface area contributed by atoms with Crippen LogP contribution in [0, 0.1) is 18.8 Å². The van der Waals surface area contributed by atoms with Crippen molar-refractivity contribution in [1.29, 1.82) is 0 Å². The minimum absolute atomic E-state index is 0.329. The zero-order chi connectivity index (χ0) is 24.9. The van der Waals surface area contributed by atoms with Crippen LogP contribution in [0.5, 0.6) is 0 Å². The van der Waals surface area contributed by atoms with Crippen molar-refractivity contribution in [3.63, 3.8) is 0 Å². The molecule has 4 aliphatic rings. The molecule has 2 atom stereocenters. The number of alkyl halides is 2. The Kier molecular flexibility index (Phi) is 6.65. The molecule has 1 spiro atoms. The van der Waals surface area contributed by atoms with Gasteiger partial charge < -0.3 is 9.47 Å². The average molecular weight is 537 g/mol. The normalized spacial score (nSPS) is 27.3. The first-order valence-electron chi connectivity index (χ1n) is 12.7. The maximum atomic E-state index is 14.5. The first kappa shape index (κ1) is 24.8. The highest BCUT2D eigenvalue weighted by atomic mass is 35.5. The number of allylic oxidation sites excluding steroid dienone is 1. The second-order valence-electron chi connectivity index (χ2n) is 10.6. The highest BCUT2D eigenvalue weighted by molar-refractivity contribution is 8.05. The molecule has 1 saturated carbocycles. The lowest BCUT2D eigenvalue weighted by molar-refractivity contribution is -0.215. The predicted octanol–water partition coefficient (Wildman–Crippen LogP) is 5.31. The van der Waals surface area contributed by atoms with E-state index in [9.17, 15) is 8.78 Å². The van der Waals surface area contributed by atoms with Gasteiger partial charge in [0, 0.05) is 49.8 Å². The first-order valence-corrected chi connectivity index (χ1v) is 13.9. The number of aromatic nitrogens is 3. The zero-order valence-corrected chi connectivity index (χ0v) is 21.9. The monoisotopic (exact) mass is 536 g/mol. The standard InChI is InChI=1S/C26H31ClF2N4O2S/c1-17-20(13-33(31-17)24-19(3-2-8-30-24)15-34-14-18-4-5-18)12-32-9-6-25(7-10-32)23-21(11-22(27)36-23)26(28,29)16-35-25/h2-3,8,11,13,18,21,23H,4-7,9-10,12,14-16H2,1H3. The average Bonchev–Trinajstić information content (AvgIpc) is 3.48. The maximum Gasteiger partial charge on any atom is 0.278 e. The summed E-state index contributed by atoms with van der Waals surface area (Å²) in [7, 11) is 0. The number of fused-ring (bicyclic) bond motifs is 2. The summed E-state index contributed by atoms with van der Waals surface area (Å²) in [6.07, 6.45) is 9.33. The Morgan fingerprint density at radius 3 is 2.83 bits per heavy atom. The summed E-state index contributed by atoms with van der Waals surface area (Å²) in [5.41, 5.74) is 2.56. The quantitative estimate of drug-likeness (QED) is 0.478. The van der Waals surface area contributed by atoms with Gasteiger partial charge in [-0.15, -0.1) is 11.8 Å². The number of aryl methyl sites for hydroxylation is 1. The number of piperidine rings is 1. The van der Waals surface area contributed by atoms with Crippen LogP contribution in [0.15, 0.2) is 35.0 Å². The van der Waals surface area contributed by atoms with Crippen LogP contribution in [0.4, 0.5) is 8.78 Å². The minimum Gasteiger partial charge on any atom is -0.376 e. The van der Waals surface area contributed by atoms with Crippen LogP contribution in [0.25, 0.3) is 5.82 Å². The largest absolute Gasteiger partial charge is 0.376 e. The molecule has 0 aromatic carbocycles. The van der Waals surface area contributed by atoms with Crippen molar-refractivity contribution in [1.82, 2.24) is 19.7 Å². The van der Waals surface area contributed by atoms with Crippen molar-refractivity contribution in [3.8, 4) is 5.82 Å². The molecule has 2 aromatic heterocycles. The Balaban J connectivity index is 1.11. The highest BCUT2D eigenvalue weighted by Crippen LogP contribution is 2.56. The summed E-state index contributed by atoms with van der Waals surface area (Å²) >= 11 is 7.53. The number of hydrogen-bond donors (Lipinski definition) is 0. The summed E-state index contributed by atoms with van der Waals surface area (Å²) in [5, 5.41) is 4.42. The van der Waals surface area contributed by atoms with Gasteiger partial charge in [-0.2, -0.15) is 5.10 Å². The molecule has 0 amide bonds. The second kappa shape index (κ2) is 9.66. The number of likely N-dealkylation sites (tertiary alicyclic amines) is 1. The van der Waals surface area contributed by atoms with Crippen molar-refractivity contribution < 1.29 is 18.3 Å². The Bertz CT molecular complexity index is 1150. The van der Waals surface area contributed by atoms with Crippen LogP contribution in [0.3, 0.4) is 0 Å². The topological polar surface area (TPSA) is 52.4 Å². The van der Waals surface area contributed by atoms with Crippen molar-refractivity contribution in [3.05, 3.63) is 51.8 Å². The summed E-state index contributed by atoms with van der Waals surface area (Å²) in [6.45, 7) is 5.13. The SMILES string of the molecule is Cc1nn(-c2ncccc2COCC2CC2)cc1CN1CCC2(CC1)OCC(F)(F)C1C=C(Cl)SC12. The molecule has 10 heteroatoms. The molecule has 6 rings (SSSR count). The number of nitrogens with zero attached hydrogens (tertiary/aromatic N) is 4. The number of rotatable bonds is 7. The molecule has 2 aromatic rings. The molecule has 0 N–H and O–H groups in total. The van der Waals surface area contributed by atoms with Crippen LogP contribution in [0.2, 0.25) is 0 Å². The van der Waals surface area contributed by atoms with Crippen LogP contribution in [-0.2, 0) is 22.6 Å². The summed E-state index contributed by atoms with van der Waals surface area (Å²) in [4.78, 5) is 6.94. The molecule has 194 valence electrons. The van der Waals surface area contributed by atoms with Crippen LogP contribution >= 0.6 is 23.4 Å². The van der Waals surface area contributed by atoms with E-state index in [1.165, 1.54) is 30.7 Å². The van der Waals surface area contributed by atoms with Gasteiger partial charge in [-0.25, -0.2) is 18.4 Å². The molecular formula is C26H31ClF2N4O2S. The van der Waals surface area contributed by atoms with Gasteiger partial charge in [0.15, 0.2) is 5.82 Å². The van der Waals surface area contributed by atoms with Crippen molar-refractivity contribution in [2.24, 2.45) is 11.8 Å². The van der Waals surface area contributed by atoms with Gasteiger partial charge in [0.05, 0.1) is 33.4 Å². The Morgan fingerprint density at radius 1 is 1.25 bits per heavy atom. The minimum atomic E-state index is -2.87. The Labute approximate surface area is 219 Å². The van der Waals surface area contributed by atoms with Gasteiger partial charge in [-0.05, 0) is 50.7 Å². The third-order valence-electron chi connectivity index (χ3n) is 7.92. The van der Waals surface area contributed by atoms with Gasteiger partial charge in [-0.3, -0.25) is 4.90 Å². The van der Waals surface area contributed by atoms with E-state index in [2.05, 4.69) is 16.1 Å². The number of halogens is 3. The maximum absolute atomic E-state index is 14.5. The van der Waals surface area contributed by atoms with E-state index >= 15 is 0 Å². The lowest BCUT2D eigenvalue weighted by Gasteiger charge is -2.51. The fourth-order valence-corrected chi connectivity index (χ4v) is 7.38. The van der Waals surface area contributed by atoms with Gasteiger partial charge in [0.1, 0.15) is 6.61 Å². The molecule has 0 bridgehead atoms. The number of hydrogen-bond acceptors (Lipinski definition) is 6. The van der Waals surface area contributed by atoms with Crippen LogP contribution in [0.1, 0.15) is 42.5 Å². The van der Waals surface area contributed by atoms with Gasteiger partial charge >= 0.3 is 0 Å². The number of pyridine rings is 1. The summed E-state index contributed by atoms with van der Waals surface area (Å²) < 4.78 is 43.1. The van der Waals surface area contributed by atoms with Crippen LogP contribution in [-0.4, -0.2) is 62.7 Å². The van der Waals surface area contributed by atoms with E-state index < -0.39 is 24.0 Å². The van der Waals surface area contributed by atoms with Gasteiger partial charge in [-0.1, -0.05) is 17.7 Å². The molecule has 5 heterocycles. The van der Waals surface area contributed by atoms with Crippen molar-refractivity contribution in [2.45, 2.75) is 62.5 Å². The van der Waals surface area contributed by atoms with E-state index in [1.807, 2.05) is 23.7 Å².